The molecule has 0 fully saturated rings. The number of nitro groups is 1. The minimum absolute atomic E-state index is 0.111. The van der Waals surface area contributed by atoms with Crippen LogP contribution in [0.25, 0.3) is 6.08 Å². The molecule has 0 bridgehead atoms. The molecule has 140 valence electrons. The number of carbonyl (C=O) groups excluding carboxylic acids is 2. The van der Waals surface area contributed by atoms with E-state index in [2.05, 4.69) is 5.32 Å². The van der Waals surface area contributed by atoms with Gasteiger partial charge in [0.05, 0.1) is 17.7 Å². The highest BCUT2D eigenvalue weighted by Crippen LogP contribution is 2.29. The number of nitrogens with one attached hydrogen (secondary N) is 1. The van der Waals surface area contributed by atoms with Crippen LogP contribution in [0.15, 0.2) is 54.6 Å². The van der Waals surface area contributed by atoms with Crippen LogP contribution in [-0.2, 0) is 14.3 Å². The van der Waals surface area contributed by atoms with E-state index in [-0.39, 0.29) is 17.1 Å². The fourth-order valence-corrected chi connectivity index (χ4v) is 2.14. The molecule has 0 saturated heterocycles. The second-order valence-corrected chi connectivity index (χ2v) is 5.45. The van der Waals surface area contributed by atoms with E-state index in [0.717, 1.165) is 5.56 Å². The Balaban J connectivity index is 2.01. The molecule has 2 rings (SSSR count). The first-order chi connectivity index (χ1) is 12.9. The number of rotatable bonds is 7. The van der Waals surface area contributed by atoms with E-state index in [1.165, 1.54) is 38.3 Å². The summed E-state index contributed by atoms with van der Waals surface area (Å²) in [5.41, 5.74) is 0.717. The molecule has 2 aromatic carbocycles. The van der Waals surface area contributed by atoms with Gasteiger partial charge in [-0.15, -0.1) is 0 Å². The van der Waals surface area contributed by atoms with Gasteiger partial charge in [-0.2, -0.15) is 0 Å². The van der Waals surface area contributed by atoms with Crippen molar-refractivity contribution in [2.75, 3.05) is 12.4 Å². The summed E-state index contributed by atoms with van der Waals surface area (Å²) in [7, 11) is 1.37. The molecule has 0 spiro atoms. The minimum Gasteiger partial charge on any atom is -0.495 e. The van der Waals surface area contributed by atoms with E-state index in [0.29, 0.717) is 0 Å². The summed E-state index contributed by atoms with van der Waals surface area (Å²) >= 11 is 0. The van der Waals surface area contributed by atoms with Crippen molar-refractivity contribution >= 4 is 29.3 Å². The van der Waals surface area contributed by atoms with Gasteiger partial charge < -0.3 is 14.8 Å². The van der Waals surface area contributed by atoms with Gasteiger partial charge in [-0.25, -0.2) is 4.79 Å². The standard InChI is InChI=1S/C19H18N2O6/c1-13(27-18(22)11-8-14-6-4-3-5-7-14)19(23)20-16-12-15(21(24)25)9-10-17(16)26-2/h3-13H,1-2H3,(H,20,23)/b11-8+/t13-/m0/s1. The van der Waals surface area contributed by atoms with E-state index in [1.807, 2.05) is 30.3 Å². The highest BCUT2D eigenvalue weighted by Gasteiger charge is 2.20. The molecule has 8 heteroatoms. The van der Waals surface area contributed by atoms with Crippen molar-refractivity contribution < 1.29 is 24.0 Å². The molecular formula is C19H18N2O6. The molecular weight excluding hydrogens is 352 g/mol. The van der Waals surface area contributed by atoms with Gasteiger partial charge in [0.1, 0.15) is 5.75 Å². The predicted molar refractivity (Wildman–Crippen MR) is 99.3 cm³/mol. The number of esters is 1. The zero-order valence-corrected chi connectivity index (χ0v) is 14.7. The van der Waals surface area contributed by atoms with Crippen molar-refractivity contribution in [1.29, 1.82) is 0 Å². The number of nitrogens with zero attached hydrogens (tertiary/aromatic N) is 1. The number of hydrogen-bond acceptors (Lipinski definition) is 6. The van der Waals surface area contributed by atoms with Crippen LogP contribution in [0.1, 0.15) is 12.5 Å². The summed E-state index contributed by atoms with van der Waals surface area (Å²) in [6.07, 6.45) is 1.67. The topological polar surface area (TPSA) is 108 Å². The summed E-state index contributed by atoms with van der Waals surface area (Å²) in [4.78, 5) is 34.4. The van der Waals surface area contributed by atoms with Gasteiger partial charge in [-0.1, -0.05) is 30.3 Å². The minimum atomic E-state index is -1.11. The summed E-state index contributed by atoms with van der Waals surface area (Å²) in [5, 5.41) is 13.3. The van der Waals surface area contributed by atoms with Crippen LogP contribution in [0.5, 0.6) is 5.75 Å². The quantitative estimate of drug-likeness (QED) is 0.347. The Kier molecular flexibility index (Phi) is 6.65. The Hall–Kier alpha value is -3.68. The van der Waals surface area contributed by atoms with E-state index in [9.17, 15) is 19.7 Å². The molecule has 0 radical (unpaired) electrons. The van der Waals surface area contributed by atoms with Crippen molar-refractivity contribution in [3.8, 4) is 5.75 Å². The number of methoxy groups -OCH3 is 1. The lowest BCUT2D eigenvalue weighted by molar-refractivity contribution is -0.384. The Labute approximate surface area is 155 Å². The maximum absolute atomic E-state index is 12.2. The van der Waals surface area contributed by atoms with Gasteiger partial charge >= 0.3 is 5.97 Å². The van der Waals surface area contributed by atoms with Crippen LogP contribution in [0.2, 0.25) is 0 Å². The zero-order chi connectivity index (χ0) is 19.8. The van der Waals surface area contributed by atoms with Gasteiger partial charge in [0.2, 0.25) is 0 Å². The molecule has 0 heterocycles. The first-order valence-corrected chi connectivity index (χ1v) is 7.97. The fraction of sp³-hybridized carbons (Fsp3) is 0.158. The van der Waals surface area contributed by atoms with E-state index >= 15 is 0 Å². The maximum Gasteiger partial charge on any atom is 0.331 e. The SMILES string of the molecule is COc1ccc([N+](=O)[O-])cc1NC(=O)[C@H](C)OC(=O)/C=C/c1ccccc1. The van der Waals surface area contributed by atoms with Gasteiger partial charge in [0, 0.05) is 18.2 Å². The molecule has 0 aliphatic heterocycles. The second kappa shape index (κ2) is 9.14. The molecule has 8 nitrogen and oxygen atoms in total. The van der Waals surface area contributed by atoms with Gasteiger partial charge in [-0.05, 0) is 24.6 Å². The van der Waals surface area contributed by atoms with Gasteiger partial charge in [-0.3, -0.25) is 14.9 Å². The smallest absolute Gasteiger partial charge is 0.331 e. The second-order valence-electron chi connectivity index (χ2n) is 5.45. The number of amides is 1. The third-order valence-electron chi connectivity index (χ3n) is 3.53. The van der Waals surface area contributed by atoms with E-state index in [4.69, 9.17) is 9.47 Å². The number of carbonyl (C=O) groups is 2. The Morgan fingerprint density at radius 3 is 2.52 bits per heavy atom. The third-order valence-corrected chi connectivity index (χ3v) is 3.53. The number of anilines is 1. The average Bonchev–Trinajstić information content (AvgIpc) is 2.67. The molecule has 0 aromatic heterocycles. The maximum atomic E-state index is 12.2. The van der Waals surface area contributed by atoms with Crippen molar-refractivity contribution in [3.05, 3.63) is 70.3 Å². The van der Waals surface area contributed by atoms with Crippen molar-refractivity contribution in [2.45, 2.75) is 13.0 Å². The fourth-order valence-electron chi connectivity index (χ4n) is 2.14. The van der Waals surface area contributed by atoms with Crippen LogP contribution in [-0.4, -0.2) is 30.0 Å². The van der Waals surface area contributed by atoms with Gasteiger partial charge in [0.15, 0.2) is 6.10 Å². The first kappa shape index (κ1) is 19.6. The number of hydrogen-bond donors (Lipinski definition) is 1. The monoisotopic (exact) mass is 370 g/mol. The van der Waals surface area contributed by atoms with Gasteiger partial charge in [0.25, 0.3) is 11.6 Å². The molecule has 0 aliphatic carbocycles. The first-order valence-electron chi connectivity index (χ1n) is 7.97. The number of nitro benzene ring substituents is 1. The summed E-state index contributed by atoms with van der Waals surface area (Å²) < 4.78 is 10.1. The lowest BCUT2D eigenvalue weighted by Gasteiger charge is -2.14. The Morgan fingerprint density at radius 1 is 1.19 bits per heavy atom. The summed E-state index contributed by atoms with van der Waals surface area (Å²) in [5.74, 6) is -1.08. The molecule has 0 aliphatic rings. The number of benzene rings is 2. The van der Waals surface area contributed by atoms with Crippen molar-refractivity contribution in [1.82, 2.24) is 0 Å². The largest absolute Gasteiger partial charge is 0.495 e. The zero-order valence-electron chi connectivity index (χ0n) is 14.7. The van der Waals surface area contributed by atoms with Crippen LogP contribution in [0.4, 0.5) is 11.4 Å². The molecule has 2 aromatic rings. The summed E-state index contributed by atoms with van der Waals surface area (Å²) in [6, 6.07) is 12.9. The molecule has 0 saturated carbocycles. The molecule has 1 amide bonds. The van der Waals surface area contributed by atoms with Crippen LogP contribution in [0.3, 0.4) is 0 Å². The summed E-state index contributed by atoms with van der Waals surface area (Å²) in [6.45, 7) is 1.40. The average molecular weight is 370 g/mol. The van der Waals surface area contributed by atoms with Crippen molar-refractivity contribution in [2.24, 2.45) is 0 Å². The molecule has 1 atom stereocenters. The number of non-ortho nitro benzene ring substituents is 1. The Morgan fingerprint density at radius 2 is 1.89 bits per heavy atom. The normalized spacial score (nSPS) is 11.6. The molecule has 27 heavy (non-hydrogen) atoms. The highest BCUT2D eigenvalue weighted by atomic mass is 16.6. The molecule has 0 unspecified atom stereocenters. The van der Waals surface area contributed by atoms with E-state index in [1.54, 1.807) is 6.08 Å². The van der Waals surface area contributed by atoms with E-state index < -0.39 is 22.9 Å². The lowest BCUT2D eigenvalue weighted by Crippen LogP contribution is -2.29. The highest BCUT2D eigenvalue weighted by molar-refractivity contribution is 5.97. The number of ether oxygens (including phenoxy) is 2. The van der Waals surface area contributed by atoms with Crippen LogP contribution in [0, 0.1) is 10.1 Å². The molecule has 1 N–H and O–H groups in total. The predicted octanol–water partition coefficient (Wildman–Crippen LogP) is 3.19. The van der Waals surface area contributed by atoms with Crippen LogP contribution < -0.4 is 10.1 Å². The van der Waals surface area contributed by atoms with Crippen molar-refractivity contribution in [3.63, 3.8) is 0 Å². The lowest BCUT2D eigenvalue weighted by atomic mass is 10.2. The Bertz CT molecular complexity index is 864. The van der Waals surface area contributed by atoms with Crippen LogP contribution >= 0.6 is 0 Å². The third kappa shape index (κ3) is 5.67.